The molecule has 0 bridgehead atoms. The molecule has 0 saturated carbocycles. The van der Waals surface area contributed by atoms with Crippen LogP contribution in [-0.4, -0.2) is 95.3 Å². The second-order valence-corrected chi connectivity index (χ2v) is 10.2. The lowest BCUT2D eigenvalue weighted by molar-refractivity contribution is 0.102. The number of aromatic nitrogens is 3. The van der Waals surface area contributed by atoms with E-state index in [2.05, 4.69) is 42.4 Å². The van der Waals surface area contributed by atoms with Gasteiger partial charge in [0.05, 0.1) is 5.69 Å². The Morgan fingerprint density at radius 1 is 0.951 bits per heavy atom. The Morgan fingerprint density at radius 2 is 1.68 bits per heavy atom. The van der Waals surface area contributed by atoms with E-state index >= 15 is 0 Å². The second-order valence-electron chi connectivity index (χ2n) is 10.2. The maximum absolute atomic E-state index is 13.4. The molecule has 2 aromatic heterocycles. The molecule has 4 aromatic rings. The lowest BCUT2D eigenvalue weighted by Gasteiger charge is -2.34. The van der Waals surface area contributed by atoms with E-state index in [1.54, 1.807) is 30.7 Å². The van der Waals surface area contributed by atoms with Gasteiger partial charge >= 0.3 is 0 Å². The van der Waals surface area contributed by atoms with Crippen LogP contribution >= 0.6 is 0 Å². The highest BCUT2D eigenvalue weighted by atomic mass is 16.1. The second kappa shape index (κ2) is 12.3. The summed E-state index contributed by atoms with van der Waals surface area (Å²) < 4.78 is 0. The molecule has 2 aromatic carbocycles. The molecule has 12 heteroatoms. The number of carbonyl (C=O) groups is 1. The van der Waals surface area contributed by atoms with E-state index in [-0.39, 0.29) is 27.4 Å². The minimum absolute atomic E-state index is 0.0599. The van der Waals surface area contributed by atoms with Crippen LogP contribution in [0.4, 0.5) is 17.3 Å². The van der Waals surface area contributed by atoms with Crippen molar-refractivity contribution in [3.63, 3.8) is 0 Å². The van der Waals surface area contributed by atoms with Crippen LogP contribution in [0.1, 0.15) is 21.5 Å². The first-order valence-corrected chi connectivity index (χ1v) is 13.3. The van der Waals surface area contributed by atoms with Gasteiger partial charge < -0.3 is 15.5 Å². The standard InChI is InChI=1S/C29H27B4N7O/c1-17-5-6-19(14-22(17)38-29-35-9-7-21(37-29)18-4-3-8-34-15-18)36-28(41)23-26(32)24(30)20(25(31)27(23)33)16-40-12-10-39(2)11-13-40/h3-9,14-15H,10-13,16H2,1-2H3,(H,36,41)(H,35,37,38). The Hall–Kier alpha value is -3.88. The molecule has 0 unspecified atom stereocenters. The van der Waals surface area contributed by atoms with Gasteiger partial charge in [0.2, 0.25) is 5.95 Å². The average molecular weight is 533 g/mol. The van der Waals surface area contributed by atoms with Crippen molar-refractivity contribution < 1.29 is 4.79 Å². The van der Waals surface area contributed by atoms with Crippen molar-refractivity contribution in [2.75, 3.05) is 43.9 Å². The molecule has 8 radical (unpaired) electrons. The van der Waals surface area contributed by atoms with Crippen LogP contribution in [0.5, 0.6) is 0 Å². The van der Waals surface area contributed by atoms with Crippen LogP contribution in [-0.2, 0) is 6.54 Å². The third-order valence-corrected chi connectivity index (χ3v) is 7.33. The number of rotatable bonds is 7. The molecule has 1 aliphatic rings. The predicted molar refractivity (Wildman–Crippen MR) is 168 cm³/mol. The third kappa shape index (κ3) is 6.39. The normalized spacial score (nSPS) is 14.1. The Morgan fingerprint density at radius 3 is 2.37 bits per heavy atom. The molecular formula is C29H27B4N7O. The maximum Gasteiger partial charge on any atom is 0.254 e. The third-order valence-electron chi connectivity index (χ3n) is 7.33. The fourth-order valence-electron chi connectivity index (χ4n) is 4.77. The van der Waals surface area contributed by atoms with Crippen LogP contribution in [0.2, 0.25) is 0 Å². The first-order valence-electron chi connectivity index (χ1n) is 13.3. The zero-order valence-electron chi connectivity index (χ0n) is 23.2. The van der Waals surface area contributed by atoms with Crippen LogP contribution in [0.3, 0.4) is 0 Å². The molecule has 1 aliphatic heterocycles. The summed E-state index contributed by atoms with van der Waals surface area (Å²) in [4.78, 5) is 31.0. The van der Waals surface area contributed by atoms with Gasteiger partial charge in [0, 0.05) is 73.8 Å². The van der Waals surface area contributed by atoms with Crippen LogP contribution in [0.25, 0.3) is 11.3 Å². The van der Waals surface area contributed by atoms with Gasteiger partial charge in [-0.3, -0.25) is 14.7 Å². The van der Waals surface area contributed by atoms with Crippen molar-refractivity contribution in [3.8, 4) is 11.3 Å². The summed E-state index contributed by atoms with van der Waals surface area (Å²) in [6, 6.07) is 11.0. The summed E-state index contributed by atoms with van der Waals surface area (Å²) in [6.45, 7) is 6.09. The monoisotopic (exact) mass is 533 g/mol. The lowest BCUT2D eigenvalue weighted by Crippen LogP contribution is -2.52. The Labute approximate surface area is 246 Å². The predicted octanol–water partition coefficient (Wildman–Crippen LogP) is -0.234. The molecule has 1 amide bonds. The highest BCUT2D eigenvalue weighted by Crippen LogP contribution is 2.24. The van der Waals surface area contributed by atoms with E-state index < -0.39 is 5.91 Å². The summed E-state index contributed by atoms with van der Waals surface area (Å²) in [6.07, 6.45) is 5.12. The van der Waals surface area contributed by atoms with Gasteiger partial charge in [0.25, 0.3) is 5.91 Å². The zero-order chi connectivity index (χ0) is 29.1. The minimum Gasteiger partial charge on any atom is -0.324 e. The Kier molecular flexibility index (Phi) is 8.61. The van der Waals surface area contributed by atoms with Gasteiger partial charge in [0.1, 0.15) is 31.4 Å². The molecule has 0 aliphatic carbocycles. The number of anilines is 3. The van der Waals surface area contributed by atoms with E-state index in [9.17, 15) is 4.79 Å². The molecule has 0 atom stereocenters. The smallest absolute Gasteiger partial charge is 0.254 e. The first-order chi connectivity index (χ1) is 19.7. The average Bonchev–Trinajstić information content (AvgIpc) is 2.98. The van der Waals surface area contributed by atoms with Crippen LogP contribution in [0.15, 0.2) is 55.0 Å². The minimum atomic E-state index is -0.505. The molecular weight excluding hydrogens is 506 g/mol. The van der Waals surface area contributed by atoms with Gasteiger partial charge in [-0.25, -0.2) is 9.97 Å². The van der Waals surface area contributed by atoms with Crippen molar-refractivity contribution in [1.29, 1.82) is 0 Å². The van der Waals surface area contributed by atoms with E-state index in [0.29, 0.717) is 29.4 Å². The van der Waals surface area contributed by atoms with E-state index in [0.717, 1.165) is 43.0 Å². The number of piperazine rings is 1. The zero-order valence-corrected chi connectivity index (χ0v) is 23.2. The van der Waals surface area contributed by atoms with Gasteiger partial charge in [-0.15, -0.1) is 0 Å². The quantitative estimate of drug-likeness (QED) is 0.318. The molecule has 3 heterocycles. The van der Waals surface area contributed by atoms with Gasteiger partial charge in [-0.2, -0.15) is 0 Å². The van der Waals surface area contributed by atoms with Crippen molar-refractivity contribution in [2.24, 2.45) is 0 Å². The highest BCUT2D eigenvalue weighted by molar-refractivity contribution is 6.60. The van der Waals surface area contributed by atoms with Crippen molar-refractivity contribution >= 4 is 76.5 Å². The van der Waals surface area contributed by atoms with Gasteiger partial charge in [-0.05, 0) is 55.4 Å². The maximum atomic E-state index is 13.4. The number of amides is 1. The highest BCUT2D eigenvalue weighted by Gasteiger charge is 2.21. The number of carbonyl (C=O) groups excluding carboxylic acids is 1. The fourth-order valence-corrected chi connectivity index (χ4v) is 4.77. The van der Waals surface area contributed by atoms with Crippen LogP contribution < -0.4 is 32.5 Å². The molecule has 2 N–H and O–H groups in total. The Balaban J connectivity index is 1.35. The van der Waals surface area contributed by atoms with Crippen molar-refractivity contribution in [3.05, 3.63) is 71.7 Å². The van der Waals surface area contributed by atoms with Crippen molar-refractivity contribution in [2.45, 2.75) is 13.5 Å². The first kappa shape index (κ1) is 28.6. The van der Waals surface area contributed by atoms with E-state index in [4.69, 9.17) is 31.4 Å². The number of nitrogens with one attached hydrogen (secondary N) is 2. The summed E-state index contributed by atoms with van der Waals surface area (Å²) >= 11 is 0. The number of pyridine rings is 1. The fraction of sp³-hybridized carbons (Fsp3) is 0.241. The topological polar surface area (TPSA) is 86.3 Å². The number of aryl methyl sites for hydroxylation is 1. The lowest BCUT2D eigenvalue weighted by atomic mass is 9.64. The molecule has 196 valence electrons. The van der Waals surface area contributed by atoms with Crippen LogP contribution in [0, 0.1) is 6.92 Å². The number of nitrogens with zero attached hydrogens (tertiary/aromatic N) is 5. The molecule has 8 nitrogen and oxygen atoms in total. The molecule has 41 heavy (non-hydrogen) atoms. The number of hydrogen-bond donors (Lipinski definition) is 2. The Bertz CT molecular complexity index is 1550. The largest absolute Gasteiger partial charge is 0.324 e. The molecule has 5 rings (SSSR count). The summed E-state index contributed by atoms with van der Waals surface area (Å²) in [5.74, 6) is -0.0999. The van der Waals surface area contributed by atoms with Crippen molar-refractivity contribution in [1.82, 2.24) is 24.8 Å². The molecule has 1 fully saturated rings. The number of benzene rings is 2. The molecule has 0 spiro atoms. The molecule has 1 saturated heterocycles. The number of likely N-dealkylation sites (N-methyl/N-ethyl adjacent to an activating group) is 1. The van der Waals surface area contributed by atoms with Gasteiger partial charge in [0.15, 0.2) is 0 Å². The van der Waals surface area contributed by atoms with Gasteiger partial charge in [-0.1, -0.05) is 27.9 Å². The summed E-state index contributed by atoms with van der Waals surface area (Å²) in [5, 5.41) is 6.11. The van der Waals surface area contributed by atoms with E-state index in [1.165, 1.54) is 0 Å². The SMILES string of the molecule is [B]c1c([B])c(C(=O)Nc2ccc(C)c(Nc3nccc(-c4cccnc4)n3)c2)c([B])c([B])c1CN1CCN(C)CC1. The van der Waals surface area contributed by atoms with E-state index in [1.807, 2.05) is 31.2 Å². The summed E-state index contributed by atoms with van der Waals surface area (Å²) in [5.41, 5.74) is 5.26. The summed E-state index contributed by atoms with van der Waals surface area (Å²) in [7, 11) is 27.6. The number of hydrogen-bond acceptors (Lipinski definition) is 7.